The monoisotopic (exact) mass is 247 g/mol. The van der Waals surface area contributed by atoms with Gasteiger partial charge in [-0.05, 0) is 22.9 Å². The van der Waals surface area contributed by atoms with E-state index >= 15 is 0 Å². The average molecular weight is 247 g/mol. The maximum atomic E-state index is 11.9. The van der Waals surface area contributed by atoms with Crippen molar-refractivity contribution in [1.29, 1.82) is 0 Å². The molecule has 1 aromatic rings. The number of amides is 1. The Kier molecular flexibility index (Phi) is 2.85. The zero-order valence-electron chi connectivity index (χ0n) is 9.49. The molecule has 0 radical (unpaired) electrons. The minimum Gasteiger partial charge on any atom is -0.475 e. The van der Waals surface area contributed by atoms with Gasteiger partial charge in [0.25, 0.3) is 11.7 Å². The molecule has 1 unspecified atom stereocenters. The van der Waals surface area contributed by atoms with Crippen LogP contribution in [0.25, 0.3) is 0 Å². The number of hydrogen-bond donors (Lipinski definition) is 0. The minimum atomic E-state index is -0.686. The molecule has 1 atom stereocenters. The Balaban J connectivity index is 2.52. The fourth-order valence-electron chi connectivity index (χ4n) is 1.62. The highest BCUT2D eigenvalue weighted by atomic mass is 16.6. The highest BCUT2D eigenvalue weighted by molar-refractivity contribution is 5.99. The molecule has 0 N–H and O–H groups in total. The van der Waals surface area contributed by atoms with Crippen molar-refractivity contribution in [2.45, 2.75) is 13.0 Å². The van der Waals surface area contributed by atoms with Crippen molar-refractivity contribution >= 4 is 17.5 Å². The molecule has 18 heavy (non-hydrogen) atoms. The van der Waals surface area contributed by atoms with E-state index in [-0.39, 0.29) is 24.1 Å². The summed E-state index contributed by atoms with van der Waals surface area (Å²) < 4.78 is 5.31. The number of terminal acetylenes is 1. The average Bonchev–Trinajstić information content (AvgIpc) is 2.34. The first-order chi connectivity index (χ1) is 8.54. The first kappa shape index (κ1) is 11.9. The van der Waals surface area contributed by atoms with Crippen LogP contribution >= 0.6 is 0 Å². The molecule has 1 amide bonds. The second-order valence-electron chi connectivity index (χ2n) is 3.64. The number of carbonyl (C=O) groups is 1. The number of nitro groups is 1. The van der Waals surface area contributed by atoms with Crippen molar-refractivity contribution in [3.63, 3.8) is 0 Å². The molecular formula is C11H9N3O4. The number of anilines is 1. The van der Waals surface area contributed by atoms with Gasteiger partial charge < -0.3 is 14.9 Å². The lowest BCUT2D eigenvalue weighted by molar-refractivity contribution is -0.389. The maximum absolute atomic E-state index is 11.9. The summed E-state index contributed by atoms with van der Waals surface area (Å²) in [5, 5.41) is 10.7. The standard InChI is InChI=1S/C11H9N3O4/c1-3-6-13-10-8(18-7(2)11(13)15)4-5-9(12-10)14(16)17/h1,4-5,7H,6H2,2H3. The molecule has 0 saturated carbocycles. The third-order valence-corrected chi connectivity index (χ3v) is 2.43. The fraction of sp³-hybridized carbons (Fsp3) is 0.273. The van der Waals surface area contributed by atoms with Crippen LogP contribution in [0.4, 0.5) is 11.6 Å². The second-order valence-corrected chi connectivity index (χ2v) is 3.64. The highest BCUT2D eigenvalue weighted by Gasteiger charge is 2.36. The first-order valence-corrected chi connectivity index (χ1v) is 5.11. The number of pyridine rings is 1. The molecule has 1 aromatic heterocycles. The van der Waals surface area contributed by atoms with E-state index in [1.165, 1.54) is 17.0 Å². The lowest BCUT2D eigenvalue weighted by Crippen LogP contribution is -2.45. The second kappa shape index (κ2) is 4.33. The minimum absolute atomic E-state index is 0.00625. The Bertz CT molecular complexity index is 564. The van der Waals surface area contributed by atoms with Crippen LogP contribution in [0.2, 0.25) is 0 Å². The number of nitrogens with zero attached hydrogens (tertiary/aromatic N) is 3. The van der Waals surface area contributed by atoms with Crippen molar-refractivity contribution in [3.8, 4) is 18.1 Å². The zero-order chi connectivity index (χ0) is 13.3. The van der Waals surface area contributed by atoms with Crippen molar-refractivity contribution in [2.24, 2.45) is 0 Å². The molecule has 0 aliphatic carbocycles. The third-order valence-electron chi connectivity index (χ3n) is 2.43. The number of aromatic nitrogens is 1. The van der Waals surface area contributed by atoms with E-state index in [1.54, 1.807) is 6.92 Å². The Labute approximate surface area is 103 Å². The number of ether oxygens (including phenoxy) is 1. The van der Waals surface area contributed by atoms with Crippen molar-refractivity contribution < 1.29 is 14.5 Å². The summed E-state index contributed by atoms with van der Waals surface area (Å²) in [4.78, 5) is 26.9. The Morgan fingerprint density at radius 3 is 3.00 bits per heavy atom. The molecule has 1 aliphatic heterocycles. The molecule has 0 bridgehead atoms. The van der Waals surface area contributed by atoms with Crippen LogP contribution < -0.4 is 9.64 Å². The number of carbonyl (C=O) groups excluding carboxylic acids is 1. The summed E-state index contributed by atoms with van der Waals surface area (Å²) in [7, 11) is 0. The topological polar surface area (TPSA) is 85.6 Å². The van der Waals surface area contributed by atoms with Crippen LogP contribution in [-0.2, 0) is 4.79 Å². The van der Waals surface area contributed by atoms with E-state index in [0.29, 0.717) is 5.75 Å². The van der Waals surface area contributed by atoms with Gasteiger partial charge in [0.05, 0.1) is 6.54 Å². The van der Waals surface area contributed by atoms with Gasteiger partial charge in [0.1, 0.15) is 0 Å². The highest BCUT2D eigenvalue weighted by Crippen LogP contribution is 2.33. The summed E-state index contributed by atoms with van der Waals surface area (Å²) in [6.07, 6.45) is 4.49. The molecule has 1 aliphatic rings. The zero-order valence-corrected chi connectivity index (χ0v) is 9.49. The van der Waals surface area contributed by atoms with E-state index in [2.05, 4.69) is 10.9 Å². The predicted molar refractivity (Wildman–Crippen MR) is 62.2 cm³/mol. The van der Waals surface area contributed by atoms with Crippen LogP contribution in [0.1, 0.15) is 6.92 Å². The van der Waals surface area contributed by atoms with Crippen LogP contribution in [0.3, 0.4) is 0 Å². The van der Waals surface area contributed by atoms with Gasteiger partial charge in [-0.15, -0.1) is 6.42 Å². The summed E-state index contributed by atoms with van der Waals surface area (Å²) in [6.45, 7) is 1.57. The molecular weight excluding hydrogens is 238 g/mol. The van der Waals surface area contributed by atoms with Gasteiger partial charge in [-0.25, -0.2) is 0 Å². The quantitative estimate of drug-likeness (QED) is 0.437. The molecule has 2 rings (SSSR count). The van der Waals surface area contributed by atoms with Crippen LogP contribution in [0.5, 0.6) is 5.75 Å². The van der Waals surface area contributed by atoms with Crippen molar-refractivity contribution in [1.82, 2.24) is 4.98 Å². The number of fused-ring (bicyclic) bond motifs is 1. The van der Waals surface area contributed by atoms with Gasteiger partial charge in [0, 0.05) is 6.07 Å². The SMILES string of the molecule is C#CCN1C(=O)C(C)Oc2ccc([N+](=O)[O-])nc21. The molecule has 7 heteroatoms. The fourth-order valence-corrected chi connectivity index (χ4v) is 1.62. The lowest BCUT2D eigenvalue weighted by Gasteiger charge is -2.27. The van der Waals surface area contributed by atoms with Gasteiger partial charge >= 0.3 is 5.82 Å². The van der Waals surface area contributed by atoms with Gasteiger partial charge in [-0.1, -0.05) is 5.92 Å². The van der Waals surface area contributed by atoms with Gasteiger partial charge in [-0.3, -0.25) is 9.69 Å². The summed E-state index contributed by atoms with van der Waals surface area (Å²) >= 11 is 0. The van der Waals surface area contributed by atoms with Crippen molar-refractivity contribution in [2.75, 3.05) is 11.4 Å². The van der Waals surface area contributed by atoms with E-state index in [1.807, 2.05) is 0 Å². The Morgan fingerprint density at radius 1 is 1.67 bits per heavy atom. The molecule has 0 spiro atoms. The van der Waals surface area contributed by atoms with E-state index in [0.717, 1.165) is 0 Å². The molecule has 0 fully saturated rings. The van der Waals surface area contributed by atoms with Crippen LogP contribution in [0.15, 0.2) is 12.1 Å². The van der Waals surface area contributed by atoms with E-state index < -0.39 is 11.0 Å². The largest absolute Gasteiger partial charge is 0.475 e. The van der Waals surface area contributed by atoms with Crippen molar-refractivity contribution in [3.05, 3.63) is 22.2 Å². The third kappa shape index (κ3) is 1.84. The van der Waals surface area contributed by atoms with Gasteiger partial charge in [0.15, 0.2) is 11.9 Å². The smallest absolute Gasteiger partial charge is 0.366 e. The maximum Gasteiger partial charge on any atom is 0.366 e. The number of hydrogen-bond acceptors (Lipinski definition) is 5. The first-order valence-electron chi connectivity index (χ1n) is 5.11. The Hall–Kier alpha value is -2.62. The number of rotatable bonds is 2. The Morgan fingerprint density at radius 2 is 2.39 bits per heavy atom. The summed E-state index contributed by atoms with van der Waals surface area (Å²) in [5.41, 5.74) is 0. The van der Waals surface area contributed by atoms with Crippen LogP contribution in [0, 0.1) is 22.5 Å². The van der Waals surface area contributed by atoms with Gasteiger partial charge in [0.2, 0.25) is 0 Å². The normalized spacial score (nSPS) is 17.7. The molecule has 92 valence electrons. The van der Waals surface area contributed by atoms with E-state index in [4.69, 9.17) is 11.2 Å². The van der Waals surface area contributed by atoms with E-state index in [9.17, 15) is 14.9 Å². The molecule has 7 nitrogen and oxygen atoms in total. The summed E-state index contributed by atoms with van der Waals surface area (Å²) in [6, 6.07) is 2.63. The summed E-state index contributed by atoms with van der Waals surface area (Å²) in [5.74, 6) is 1.99. The van der Waals surface area contributed by atoms with Gasteiger partial charge in [-0.2, -0.15) is 0 Å². The van der Waals surface area contributed by atoms with Crippen LogP contribution in [-0.4, -0.2) is 28.5 Å². The lowest BCUT2D eigenvalue weighted by atomic mass is 10.2. The molecule has 2 heterocycles. The molecule has 0 aromatic carbocycles. The predicted octanol–water partition coefficient (Wildman–Crippen LogP) is 0.737. The molecule has 0 saturated heterocycles.